The Hall–Kier alpha value is -0.0500. The van der Waals surface area contributed by atoms with Gasteiger partial charge in [-0.15, -0.1) is 0 Å². The highest BCUT2D eigenvalue weighted by Gasteiger charge is 2.21. The van der Waals surface area contributed by atoms with Gasteiger partial charge in [-0.3, -0.25) is 0 Å². The summed E-state index contributed by atoms with van der Waals surface area (Å²) < 4.78 is 0. The fraction of sp³-hybridized carbons (Fsp3) is 0.500. The summed E-state index contributed by atoms with van der Waals surface area (Å²) in [5.74, 6) is 1.27. The molecule has 88 valence electrons. The molecule has 0 spiro atoms. The lowest BCUT2D eigenvalue weighted by molar-refractivity contribution is 0.617. The summed E-state index contributed by atoms with van der Waals surface area (Å²) in [6, 6.07) is 6.12. The third-order valence-electron chi connectivity index (χ3n) is 2.88. The van der Waals surface area contributed by atoms with Crippen molar-refractivity contribution in [2.24, 2.45) is 0 Å². The molecule has 1 saturated heterocycles. The maximum absolute atomic E-state index is 6.14. The van der Waals surface area contributed by atoms with Crippen LogP contribution in [0.1, 0.15) is 19.8 Å². The molecule has 1 aliphatic heterocycles. The zero-order valence-electron chi connectivity index (χ0n) is 9.17. The van der Waals surface area contributed by atoms with Crippen molar-refractivity contribution in [3.8, 4) is 0 Å². The second-order valence-corrected chi connectivity index (χ2v) is 6.42. The molecule has 0 bridgehead atoms. The Kier molecular flexibility index (Phi) is 4.28. The molecule has 4 heteroatoms. The largest absolute Gasteiger partial charge is 0.380 e. The van der Waals surface area contributed by atoms with E-state index in [2.05, 4.69) is 12.2 Å². The molecule has 1 fully saturated rings. The van der Waals surface area contributed by atoms with Crippen LogP contribution >= 0.6 is 35.0 Å². The lowest BCUT2D eigenvalue weighted by atomic mass is 10.1. The van der Waals surface area contributed by atoms with Gasteiger partial charge < -0.3 is 5.32 Å². The first kappa shape index (κ1) is 12.4. The zero-order chi connectivity index (χ0) is 11.5. The fourth-order valence-electron chi connectivity index (χ4n) is 1.92. The molecule has 2 rings (SSSR count). The Morgan fingerprint density at radius 2 is 2.19 bits per heavy atom. The Bertz CT molecular complexity index is 370. The van der Waals surface area contributed by atoms with Gasteiger partial charge in [0.25, 0.3) is 0 Å². The van der Waals surface area contributed by atoms with Crippen molar-refractivity contribution in [1.29, 1.82) is 0 Å². The first-order chi connectivity index (χ1) is 7.66. The molecular formula is C12H15Cl2NS. The van der Waals surface area contributed by atoms with Gasteiger partial charge in [0.05, 0.1) is 10.7 Å². The SMILES string of the molecule is CC1SCCCC1Nc1ccc(Cl)cc1Cl. The minimum atomic E-state index is 0.512. The van der Waals surface area contributed by atoms with Crippen LogP contribution in [0.15, 0.2) is 18.2 Å². The highest BCUT2D eigenvalue weighted by molar-refractivity contribution is 8.00. The molecule has 0 aromatic heterocycles. The third-order valence-corrected chi connectivity index (χ3v) is 4.81. The molecule has 1 heterocycles. The quantitative estimate of drug-likeness (QED) is 0.841. The number of benzene rings is 1. The van der Waals surface area contributed by atoms with E-state index >= 15 is 0 Å². The van der Waals surface area contributed by atoms with E-state index in [1.54, 1.807) is 6.07 Å². The van der Waals surface area contributed by atoms with Crippen molar-refractivity contribution >= 4 is 40.7 Å². The van der Waals surface area contributed by atoms with Gasteiger partial charge in [-0.25, -0.2) is 0 Å². The summed E-state index contributed by atoms with van der Waals surface area (Å²) in [5.41, 5.74) is 0.991. The maximum atomic E-state index is 6.14. The molecule has 1 aromatic rings. The standard InChI is InChI=1S/C12H15Cl2NS/c1-8-11(3-2-6-16-8)15-12-5-4-9(13)7-10(12)14/h4-5,7-8,11,15H,2-3,6H2,1H3. The molecule has 1 nitrogen and oxygen atoms in total. The van der Waals surface area contributed by atoms with Crippen LogP contribution in [0.3, 0.4) is 0 Å². The van der Waals surface area contributed by atoms with Crippen LogP contribution in [0.5, 0.6) is 0 Å². The first-order valence-electron chi connectivity index (χ1n) is 5.50. The monoisotopic (exact) mass is 275 g/mol. The Balaban J connectivity index is 2.07. The molecule has 1 N–H and O–H groups in total. The van der Waals surface area contributed by atoms with E-state index in [-0.39, 0.29) is 0 Å². The van der Waals surface area contributed by atoms with E-state index in [0.29, 0.717) is 21.3 Å². The number of thioether (sulfide) groups is 1. The lowest BCUT2D eigenvalue weighted by Gasteiger charge is -2.30. The van der Waals surface area contributed by atoms with Crippen molar-refractivity contribution < 1.29 is 0 Å². The van der Waals surface area contributed by atoms with Crippen molar-refractivity contribution in [3.05, 3.63) is 28.2 Å². The van der Waals surface area contributed by atoms with Gasteiger partial charge in [0.15, 0.2) is 0 Å². The minimum Gasteiger partial charge on any atom is -0.380 e. The van der Waals surface area contributed by atoms with E-state index in [4.69, 9.17) is 23.2 Å². The molecule has 1 aromatic carbocycles. The molecular weight excluding hydrogens is 261 g/mol. The predicted molar refractivity (Wildman–Crippen MR) is 75.0 cm³/mol. The van der Waals surface area contributed by atoms with Crippen LogP contribution in [0.2, 0.25) is 10.0 Å². The number of nitrogens with one attached hydrogen (secondary N) is 1. The fourth-order valence-corrected chi connectivity index (χ4v) is 3.52. The van der Waals surface area contributed by atoms with Gasteiger partial charge in [0.1, 0.15) is 0 Å². The van der Waals surface area contributed by atoms with E-state index in [9.17, 15) is 0 Å². The van der Waals surface area contributed by atoms with Crippen LogP contribution in [-0.2, 0) is 0 Å². The van der Waals surface area contributed by atoms with Gasteiger partial charge in [-0.2, -0.15) is 11.8 Å². The van der Waals surface area contributed by atoms with Crippen molar-refractivity contribution in [2.45, 2.75) is 31.1 Å². The third kappa shape index (κ3) is 2.99. The summed E-state index contributed by atoms with van der Waals surface area (Å²) >= 11 is 14.0. The minimum absolute atomic E-state index is 0.512. The highest BCUT2D eigenvalue weighted by Crippen LogP contribution is 2.31. The lowest BCUT2D eigenvalue weighted by Crippen LogP contribution is -2.32. The van der Waals surface area contributed by atoms with E-state index < -0.39 is 0 Å². The average molecular weight is 276 g/mol. The number of rotatable bonds is 2. The van der Waals surface area contributed by atoms with Crippen LogP contribution in [0.4, 0.5) is 5.69 Å². The molecule has 0 amide bonds. The number of halogens is 2. The van der Waals surface area contributed by atoms with E-state index in [1.165, 1.54) is 18.6 Å². The highest BCUT2D eigenvalue weighted by atomic mass is 35.5. The summed E-state index contributed by atoms with van der Waals surface area (Å²) in [7, 11) is 0. The maximum Gasteiger partial charge on any atom is 0.0652 e. The molecule has 0 aliphatic carbocycles. The Morgan fingerprint density at radius 3 is 2.88 bits per heavy atom. The van der Waals surface area contributed by atoms with E-state index in [0.717, 1.165) is 5.69 Å². The first-order valence-corrected chi connectivity index (χ1v) is 7.30. The smallest absolute Gasteiger partial charge is 0.0652 e. The molecule has 2 unspecified atom stereocenters. The van der Waals surface area contributed by atoms with Gasteiger partial charge in [-0.1, -0.05) is 30.1 Å². The van der Waals surface area contributed by atoms with Gasteiger partial charge >= 0.3 is 0 Å². The molecule has 0 saturated carbocycles. The predicted octanol–water partition coefficient (Wildman–Crippen LogP) is 4.69. The normalized spacial score (nSPS) is 25.4. The van der Waals surface area contributed by atoms with Crippen LogP contribution in [-0.4, -0.2) is 17.0 Å². The Morgan fingerprint density at radius 1 is 1.38 bits per heavy atom. The van der Waals surface area contributed by atoms with Gasteiger partial charge in [0.2, 0.25) is 0 Å². The van der Waals surface area contributed by atoms with E-state index in [1.807, 2.05) is 23.9 Å². The topological polar surface area (TPSA) is 12.0 Å². The van der Waals surface area contributed by atoms with Gasteiger partial charge in [0, 0.05) is 16.3 Å². The summed E-state index contributed by atoms with van der Waals surface area (Å²) in [6.07, 6.45) is 2.49. The second kappa shape index (κ2) is 5.52. The van der Waals surface area contributed by atoms with Crippen LogP contribution in [0.25, 0.3) is 0 Å². The summed E-state index contributed by atoms with van der Waals surface area (Å²) in [5, 5.41) is 5.54. The number of hydrogen-bond acceptors (Lipinski definition) is 2. The molecule has 16 heavy (non-hydrogen) atoms. The summed E-state index contributed by atoms with van der Waals surface area (Å²) in [6.45, 7) is 2.27. The van der Waals surface area contributed by atoms with Crippen LogP contribution < -0.4 is 5.32 Å². The Labute approximate surface area is 111 Å². The summed E-state index contributed by atoms with van der Waals surface area (Å²) in [4.78, 5) is 0. The van der Waals surface area contributed by atoms with Crippen molar-refractivity contribution in [2.75, 3.05) is 11.1 Å². The number of anilines is 1. The van der Waals surface area contributed by atoms with Gasteiger partial charge in [-0.05, 0) is 36.8 Å². The number of hydrogen-bond donors (Lipinski definition) is 1. The zero-order valence-corrected chi connectivity index (χ0v) is 11.5. The molecule has 0 radical (unpaired) electrons. The van der Waals surface area contributed by atoms with Crippen LogP contribution in [0, 0.1) is 0 Å². The average Bonchev–Trinajstić information content (AvgIpc) is 2.25. The molecule has 1 aliphatic rings. The molecule has 2 atom stereocenters. The van der Waals surface area contributed by atoms with Crippen molar-refractivity contribution in [1.82, 2.24) is 0 Å². The van der Waals surface area contributed by atoms with Crippen molar-refractivity contribution in [3.63, 3.8) is 0 Å². The second-order valence-electron chi connectivity index (χ2n) is 4.09.